The summed E-state index contributed by atoms with van der Waals surface area (Å²) in [7, 11) is 1.65. The van der Waals surface area contributed by atoms with Gasteiger partial charge in [0, 0.05) is 67.9 Å². The molecule has 0 unspecified atom stereocenters. The summed E-state index contributed by atoms with van der Waals surface area (Å²) in [6.07, 6.45) is 2.06. The Bertz CT molecular complexity index is 610. The highest BCUT2D eigenvalue weighted by Gasteiger charge is 2.11. The van der Waals surface area contributed by atoms with Crippen LogP contribution in [0.3, 0.4) is 0 Å². The minimum absolute atomic E-state index is 1.08. The molecule has 2 aromatic rings. The summed E-state index contributed by atoms with van der Waals surface area (Å²) in [4.78, 5) is 2.79. The van der Waals surface area contributed by atoms with Gasteiger partial charge in [0.25, 0.3) is 0 Å². The highest BCUT2D eigenvalue weighted by molar-refractivity contribution is 14.2. The summed E-state index contributed by atoms with van der Waals surface area (Å²) in [5.74, 6) is 3.10. The lowest BCUT2D eigenvalue weighted by molar-refractivity contribution is 1.35. The molecule has 0 saturated carbocycles. The van der Waals surface area contributed by atoms with Crippen LogP contribution in [0.1, 0.15) is 11.1 Å². The second-order valence-electron chi connectivity index (χ2n) is 3.24. The number of rotatable bonds is 1. The van der Waals surface area contributed by atoms with E-state index in [1.165, 1.54) is 16.5 Å². The van der Waals surface area contributed by atoms with Crippen LogP contribution in [0, 0.1) is 17.7 Å². The normalized spacial score (nSPS) is 10.2. The van der Waals surface area contributed by atoms with Crippen LogP contribution in [-0.2, 0) is 0 Å². The third kappa shape index (κ3) is 2.17. The maximum atomic E-state index is 3.61. The molecule has 5 heteroatoms. The van der Waals surface area contributed by atoms with Crippen molar-refractivity contribution in [3.8, 4) is 10.8 Å². The Balaban J connectivity index is 2.89. The van der Waals surface area contributed by atoms with E-state index in [0.717, 1.165) is 10.0 Å². The van der Waals surface area contributed by atoms with Gasteiger partial charge in [0.05, 0.1) is 5.52 Å². The fraction of sp³-hybridized carbons (Fsp3) is 0.0909. The fourth-order valence-electron chi connectivity index (χ4n) is 1.66. The molecule has 0 atom stereocenters. The summed E-state index contributed by atoms with van der Waals surface area (Å²) in [6, 6.07) is 4.21. The first kappa shape index (κ1) is 12.8. The SMILES string of the molecule is Cc1cc(Br)c2c(ccn2SI)c1C#CBr. The van der Waals surface area contributed by atoms with Gasteiger partial charge in [-0.2, -0.15) is 0 Å². The van der Waals surface area contributed by atoms with Gasteiger partial charge in [-0.15, -0.1) is 0 Å². The van der Waals surface area contributed by atoms with Crippen molar-refractivity contribution in [3.63, 3.8) is 0 Å². The molecule has 0 aliphatic heterocycles. The number of hydrogen-bond acceptors (Lipinski definition) is 1. The monoisotopic (exact) mass is 469 g/mol. The van der Waals surface area contributed by atoms with Crippen molar-refractivity contribution in [2.24, 2.45) is 0 Å². The molecule has 0 saturated heterocycles. The van der Waals surface area contributed by atoms with Crippen LogP contribution in [0.4, 0.5) is 0 Å². The van der Waals surface area contributed by atoms with Crippen molar-refractivity contribution >= 4 is 73.1 Å². The van der Waals surface area contributed by atoms with Crippen LogP contribution in [0.15, 0.2) is 22.8 Å². The number of aryl methyl sites for hydroxylation is 1. The Kier molecular flexibility index (Phi) is 4.27. The highest BCUT2D eigenvalue weighted by Crippen LogP contribution is 2.34. The molecule has 82 valence electrons. The smallest absolute Gasteiger partial charge is 0.0753 e. The number of fused-ring (bicyclic) bond motifs is 1. The van der Waals surface area contributed by atoms with Gasteiger partial charge < -0.3 is 0 Å². The molecule has 0 spiro atoms. The van der Waals surface area contributed by atoms with Gasteiger partial charge in [-0.25, -0.2) is 0 Å². The Morgan fingerprint density at radius 1 is 1.50 bits per heavy atom. The Morgan fingerprint density at radius 3 is 2.88 bits per heavy atom. The maximum absolute atomic E-state index is 3.61. The van der Waals surface area contributed by atoms with E-state index in [-0.39, 0.29) is 0 Å². The predicted molar refractivity (Wildman–Crippen MR) is 87.2 cm³/mol. The zero-order valence-corrected chi connectivity index (χ0v) is 14.4. The Labute approximate surface area is 127 Å². The lowest BCUT2D eigenvalue weighted by Gasteiger charge is -2.05. The molecule has 16 heavy (non-hydrogen) atoms. The van der Waals surface area contributed by atoms with Gasteiger partial charge >= 0.3 is 0 Å². The number of nitrogens with zero attached hydrogens (tertiary/aromatic N) is 1. The van der Waals surface area contributed by atoms with Crippen molar-refractivity contribution in [2.75, 3.05) is 0 Å². The summed E-state index contributed by atoms with van der Waals surface area (Å²) in [5, 5.41) is 1.18. The minimum atomic E-state index is 1.08. The molecule has 1 aromatic heterocycles. The first-order chi connectivity index (χ1) is 7.69. The lowest BCUT2D eigenvalue weighted by Crippen LogP contribution is -1.87. The quantitative estimate of drug-likeness (QED) is 0.406. The first-order valence-corrected chi connectivity index (χ1v) is 9.30. The molecule has 1 heterocycles. The highest BCUT2D eigenvalue weighted by atomic mass is 127. The molecule has 0 radical (unpaired) electrons. The van der Waals surface area contributed by atoms with Crippen LogP contribution in [0.2, 0.25) is 0 Å². The lowest BCUT2D eigenvalue weighted by atomic mass is 10.1. The molecule has 1 aromatic carbocycles. The molecule has 2 rings (SSSR count). The average Bonchev–Trinajstić information content (AvgIpc) is 2.68. The molecule has 0 bridgehead atoms. The molecule has 0 aliphatic rings. The van der Waals surface area contributed by atoms with E-state index in [2.05, 4.69) is 93.0 Å². The number of halogens is 3. The molecule has 0 fully saturated rings. The summed E-state index contributed by atoms with van der Waals surface area (Å²) in [5.41, 5.74) is 3.44. The molecule has 0 amide bonds. The van der Waals surface area contributed by atoms with E-state index in [9.17, 15) is 0 Å². The molecular weight excluding hydrogens is 465 g/mol. The van der Waals surface area contributed by atoms with Gasteiger partial charge in [0.2, 0.25) is 0 Å². The van der Waals surface area contributed by atoms with Crippen LogP contribution < -0.4 is 0 Å². The summed E-state index contributed by atoms with van der Waals surface area (Å²) >= 11 is 9.04. The maximum Gasteiger partial charge on any atom is 0.0753 e. The van der Waals surface area contributed by atoms with Crippen LogP contribution in [-0.4, -0.2) is 3.97 Å². The van der Waals surface area contributed by atoms with Gasteiger partial charge in [0.1, 0.15) is 0 Å². The van der Waals surface area contributed by atoms with Crippen molar-refractivity contribution in [1.29, 1.82) is 0 Å². The van der Waals surface area contributed by atoms with Gasteiger partial charge in [-0.05, 0) is 45.4 Å². The topological polar surface area (TPSA) is 4.93 Å². The Morgan fingerprint density at radius 2 is 2.25 bits per heavy atom. The molecule has 1 nitrogen and oxygen atoms in total. The average molecular weight is 471 g/mol. The zero-order valence-electron chi connectivity index (χ0n) is 8.22. The molecule has 0 aliphatic carbocycles. The number of benzene rings is 1. The summed E-state index contributed by atoms with van der Waals surface area (Å²) in [6.45, 7) is 2.07. The second kappa shape index (κ2) is 5.34. The van der Waals surface area contributed by atoms with Gasteiger partial charge in [0.15, 0.2) is 0 Å². The van der Waals surface area contributed by atoms with Crippen LogP contribution in [0.25, 0.3) is 10.9 Å². The van der Waals surface area contributed by atoms with Crippen molar-refractivity contribution in [2.45, 2.75) is 6.92 Å². The van der Waals surface area contributed by atoms with Crippen molar-refractivity contribution in [1.82, 2.24) is 3.97 Å². The van der Waals surface area contributed by atoms with Crippen LogP contribution in [0.5, 0.6) is 0 Å². The largest absolute Gasteiger partial charge is 0.281 e. The van der Waals surface area contributed by atoms with Crippen molar-refractivity contribution in [3.05, 3.63) is 33.9 Å². The van der Waals surface area contributed by atoms with E-state index >= 15 is 0 Å². The van der Waals surface area contributed by atoms with E-state index in [4.69, 9.17) is 0 Å². The predicted octanol–water partition coefficient (Wildman–Crippen LogP) is 5.26. The standard InChI is InChI=1S/C11H6Br2INS/c1-7-6-10(13)11-9(8(7)2-4-12)3-5-15(11)16-14/h3,5-6H,1H3. The van der Waals surface area contributed by atoms with Crippen LogP contribution >= 0.6 is 62.2 Å². The third-order valence-electron chi connectivity index (χ3n) is 2.33. The van der Waals surface area contributed by atoms with E-state index in [0.29, 0.717) is 0 Å². The van der Waals surface area contributed by atoms with E-state index in [1.54, 1.807) is 9.12 Å². The van der Waals surface area contributed by atoms with E-state index < -0.39 is 0 Å². The summed E-state index contributed by atoms with van der Waals surface area (Å²) < 4.78 is 3.23. The van der Waals surface area contributed by atoms with Crippen molar-refractivity contribution < 1.29 is 0 Å². The number of aromatic nitrogens is 1. The van der Waals surface area contributed by atoms with Gasteiger partial charge in [-0.1, -0.05) is 5.92 Å². The minimum Gasteiger partial charge on any atom is -0.281 e. The molecule has 0 N–H and O–H groups in total. The van der Waals surface area contributed by atoms with Gasteiger partial charge in [-0.3, -0.25) is 3.97 Å². The first-order valence-electron chi connectivity index (χ1n) is 4.40. The second-order valence-corrected chi connectivity index (χ2v) is 6.21. The van der Waals surface area contributed by atoms with E-state index in [1.807, 2.05) is 0 Å². The third-order valence-corrected chi connectivity index (χ3v) is 4.86. The Hall–Kier alpha value is 0.360. The molecular formula is C11H6Br2INS. The fourth-order valence-corrected chi connectivity index (χ4v) is 4.08. The zero-order chi connectivity index (χ0) is 11.7. The number of hydrogen-bond donors (Lipinski definition) is 0.